The van der Waals surface area contributed by atoms with Gasteiger partial charge in [-0.3, -0.25) is 14.5 Å². The lowest BCUT2D eigenvalue weighted by Crippen LogP contribution is -2.42. The number of nitrogens with zero attached hydrogens (tertiary/aromatic N) is 1. The molecule has 1 amide bonds. The average molecular weight is 326 g/mol. The van der Waals surface area contributed by atoms with E-state index in [2.05, 4.69) is 26.1 Å². The van der Waals surface area contributed by atoms with E-state index in [0.29, 0.717) is 6.54 Å². The maximum absolute atomic E-state index is 12.3. The fraction of sp³-hybridized carbons (Fsp3) is 0.625. The highest BCUT2D eigenvalue weighted by Crippen LogP contribution is 2.34. The lowest BCUT2D eigenvalue weighted by atomic mass is 9.85. The molecule has 2 unspecified atom stereocenters. The number of thiophene rings is 1. The number of amides is 1. The second-order valence-corrected chi connectivity index (χ2v) is 7.80. The van der Waals surface area contributed by atoms with Crippen LogP contribution in [-0.2, 0) is 9.59 Å². The predicted octanol–water partition coefficient (Wildman–Crippen LogP) is 2.60. The standard InChI is InChI=1S/C16H26N2O3S/c1-11(15(20)21)9-18(5)10-13(19)17-14(16(2,3)4)12-7-6-8-22-12/h6-8,11,14H,9-10H2,1-5H3,(H,17,19)(H,20,21). The molecule has 2 N–H and O–H groups in total. The molecule has 124 valence electrons. The summed E-state index contributed by atoms with van der Waals surface area (Å²) in [5, 5.41) is 14.0. The zero-order chi connectivity index (χ0) is 16.9. The number of carbonyl (C=O) groups is 2. The lowest BCUT2D eigenvalue weighted by Gasteiger charge is -2.31. The summed E-state index contributed by atoms with van der Waals surface area (Å²) < 4.78 is 0. The van der Waals surface area contributed by atoms with Crippen molar-refractivity contribution in [2.24, 2.45) is 11.3 Å². The number of hydrogen-bond donors (Lipinski definition) is 2. The van der Waals surface area contributed by atoms with Gasteiger partial charge in [0.1, 0.15) is 0 Å². The Hall–Kier alpha value is -1.40. The van der Waals surface area contributed by atoms with Crippen molar-refractivity contribution in [2.45, 2.75) is 33.7 Å². The number of rotatable bonds is 7. The Morgan fingerprint density at radius 3 is 2.50 bits per heavy atom. The van der Waals surface area contributed by atoms with Gasteiger partial charge in [-0.1, -0.05) is 33.8 Å². The molecule has 0 aliphatic rings. The van der Waals surface area contributed by atoms with Crippen molar-refractivity contribution >= 4 is 23.2 Å². The molecule has 1 aromatic heterocycles. The van der Waals surface area contributed by atoms with E-state index in [4.69, 9.17) is 5.11 Å². The van der Waals surface area contributed by atoms with Crippen molar-refractivity contribution in [2.75, 3.05) is 20.1 Å². The first kappa shape index (κ1) is 18.6. The van der Waals surface area contributed by atoms with E-state index < -0.39 is 11.9 Å². The Balaban J connectivity index is 2.63. The molecule has 2 atom stereocenters. The highest BCUT2D eigenvalue weighted by Gasteiger charge is 2.29. The van der Waals surface area contributed by atoms with Gasteiger partial charge < -0.3 is 10.4 Å². The minimum atomic E-state index is -0.849. The summed E-state index contributed by atoms with van der Waals surface area (Å²) in [5.41, 5.74) is -0.0898. The number of carbonyl (C=O) groups excluding carboxylic acids is 1. The molecule has 0 radical (unpaired) electrons. The molecule has 0 bridgehead atoms. The number of nitrogens with one attached hydrogen (secondary N) is 1. The monoisotopic (exact) mass is 326 g/mol. The van der Waals surface area contributed by atoms with Gasteiger partial charge in [-0.05, 0) is 23.9 Å². The summed E-state index contributed by atoms with van der Waals surface area (Å²) in [7, 11) is 1.76. The van der Waals surface area contributed by atoms with Gasteiger partial charge in [-0.2, -0.15) is 0 Å². The van der Waals surface area contributed by atoms with E-state index in [0.717, 1.165) is 4.88 Å². The maximum Gasteiger partial charge on any atom is 0.307 e. The molecule has 0 saturated heterocycles. The van der Waals surface area contributed by atoms with Gasteiger partial charge in [-0.15, -0.1) is 11.3 Å². The Morgan fingerprint density at radius 2 is 2.05 bits per heavy atom. The van der Waals surface area contributed by atoms with E-state index >= 15 is 0 Å². The Morgan fingerprint density at radius 1 is 1.41 bits per heavy atom. The van der Waals surface area contributed by atoms with Gasteiger partial charge in [0.15, 0.2) is 0 Å². The lowest BCUT2D eigenvalue weighted by molar-refractivity contribution is -0.142. The molecule has 0 spiro atoms. The maximum atomic E-state index is 12.3. The molecular formula is C16H26N2O3S. The van der Waals surface area contributed by atoms with Crippen LogP contribution in [0.1, 0.15) is 38.6 Å². The van der Waals surface area contributed by atoms with Gasteiger partial charge in [0, 0.05) is 11.4 Å². The van der Waals surface area contributed by atoms with Crippen LogP contribution in [0.2, 0.25) is 0 Å². The number of likely N-dealkylation sites (N-methyl/N-ethyl adjacent to an activating group) is 1. The van der Waals surface area contributed by atoms with Gasteiger partial charge >= 0.3 is 5.97 Å². The van der Waals surface area contributed by atoms with Crippen LogP contribution in [0.5, 0.6) is 0 Å². The van der Waals surface area contributed by atoms with Crippen molar-refractivity contribution in [1.82, 2.24) is 10.2 Å². The molecule has 5 nitrogen and oxygen atoms in total. The van der Waals surface area contributed by atoms with Gasteiger partial charge in [-0.25, -0.2) is 0 Å². The summed E-state index contributed by atoms with van der Waals surface area (Å²) in [6.07, 6.45) is 0. The van der Waals surface area contributed by atoms with Crippen LogP contribution in [-0.4, -0.2) is 42.0 Å². The smallest absolute Gasteiger partial charge is 0.307 e. The van der Waals surface area contributed by atoms with Crippen LogP contribution >= 0.6 is 11.3 Å². The van der Waals surface area contributed by atoms with E-state index in [1.54, 1.807) is 30.2 Å². The van der Waals surface area contributed by atoms with Crippen LogP contribution in [0.25, 0.3) is 0 Å². The molecule has 1 rings (SSSR count). The molecule has 6 heteroatoms. The molecule has 0 aliphatic carbocycles. The Labute approximate surface area is 136 Å². The minimum Gasteiger partial charge on any atom is -0.481 e. The Bertz CT molecular complexity index is 494. The largest absolute Gasteiger partial charge is 0.481 e. The third kappa shape index (κ3) is 5.77. The third-order valence-electron chi connectivity index (χ3n) is 3.42. The zero-order valence-electron chi connectivity index (χ0n) is 13.9. The van der Waals surface area contributed by atoms with E-state index in [9.17, 15) is 9.59 Å². The number of carboxylic acid groups (broad SMARTS) is 1. The summed E-state index contributed by atoms with van der Waals surface area (Å²) in [4.78, 5) is 26.0. The second kappa shape index (κ2) is 7.74. The molecule has 0 aromatic carbocycles. The molecule has 0 fully saturated rings. The Kier molecular flexibility index (Phi) is 6.56. The highest BCUT2D eigenvalue weighted by molar-refractivity contribution is 7.10. The fourth-order valence-electron chi connectivity index (χ4n) is 2.23. The van der Waals surface area contributed by atoms with Crippen LogP contribution in [0.4, 0.5) is 0 Å². The fourth-order valence-corrected chi connectivity index (χ4v) is 3.25. The first-order valence-electron chi connectivity index (χ1n) is 7.35. The first-order chi connectivity index (χ1) is 10.1. The second-order valence-electron chi connectivity index (χ2n) is 6.82. The van der Waals surface area contributed by atoms with Crippen molar-refractivity contribution in [3.8, 4) is 0 Å². The number of aliphatic carboxylic acids is 1. The van der Waals surface area contributed by atoms with Gasteiger partial charge in [0.2, 0.25) is 5.91 Å². The third-order valence-corrected chi connectivity index (χ3v) is 4.36. The van der Waals surface area contributed by atoms with E-state index in [1.807, 2.05) is 17.5 Å². The summed E-state index contributed by atoms with van der Waals surface area (Å²) in [6.45, 7) is 8.45. The van der Waals surface area contributed by atoms with Crippen molar-refractivity contribution < 1.29 is 14.7 Å². The predicted molar refractivity (Wildman–Crippen MR) is 89.0 cm³/mol. The molecule has 1 aromatic rings. The van der Waals surface area contributed by atoms with Crippen molar-refractivity contribution in [3.63, 3.8) is 0 Å². The van der Waals surface area contributed by atoms with Gasteiger partial charge in [0.25, 0.3) is 0 Å². The summed E-state index contributed by atoms with van der Waals surface area (Å²) in [5.74, 6) is -1.43. The van der Waals surface area contributed by atoms with E-state index in [1.165, 1.54) is 0 Å². The van der Waals surface area contributed by atoms with E-state index in [-0.39, 0.29) is 23.9 Å². The zero-order valence-corrected chi connectivity index (χ0v) is 14.7. The SMILES string of the molecule is CC(CN(C)CC(=O)NC(c1cccs1)C(C)(C)C)C(=O)O. The van der Waals surface area contributed by atoms with Crippen LogP contribution in [0, 0.1) is 11.3 Å². The van der Waals surface area contributed by atoms with Crippen molar-refractivity contribution in [3.05, 3.63) is 22.4 Å². The highest BCUT2D eigenvalue weighted by atomic mass is 32.1. The summed E-state index contributed by atoms with van der Waals surface area (Å²) in [6, 6.07) is 3.95. The average Bonchev–Trinajstić information content (AvgIpc) is 2.87. The molecule has 0 saturated carbocycles. The molecule has 0 aliphatic heterocycles. The molecule has 22 heavy (non-hydrogen) atoms. The topological polar surface area (TPSA) is 69.6 Å². The molecule has 1 heterocycles. The van der Waals surface area contributed by atoms with Crippen LogP contribution in [0.3, 0.4) is 0 Å². The minimum absolute atomic E-state index is 0.0507. The van der Waals surface area contributed by atoms with Crippen LogP contribution < -0.4 is 5.32 Å². The normalized spacial score (nSPS) is 14.6. The first-order valence-corrected chi connectivity index (χ1v) is 8.23. The van der Waals surface area contributed by atoms with Crippen molar-refractivity contribution in [1.29, 1.82) is 0 Å². The number of hydrogen-bond acceptors (Lipinski definition) is 4. The number of carboxylic acids is 1. The van der Waals surface area contributed by atoms with Gasteiger partial charge in [0.05, 0.1) is 18.5 Å². The van der Waals surface area contributed by atoms with Crippen LogP contribution in [0.15, 0.2) is 17.5 Å². The summed E-state index contributed by atoms with van der Waals surface area (Å²) >= 11 is 1.63. The molecular weight excluding hydrogens is 300 g/mol. The quantitative estimate of drug-likeness (QED) is 0.808.